The maximum absolute atomic E-state index is 11.8. The summed E-state index contributed by atoms with van der Waals surface area (Å²) in [4.78, 5) is 23.3. The van der Waals surface area contributed by atoms with Gasteiger partial charge in [-0.1, -0.05) is 37.5 Å². The molecule has 104 valence electrons. The van der Waals surface area contributed by atoms with E-state index in [1.54, 1.807) is 12.1 Å². The molecule has 0 fully saturated rings. The van der Waals surface area contributed by atoms with Crippen LogP contribution >= 0.6 is 0 Å². The van der Waals surface area contributed by atoms with Gasteiger partial charge in [0.25, 0.3) is 5.91 Å². The minimum atomic E-state index is -0.110. The first-order chi connectivity index (χ1) is 9.13. The van der Waals surface area contributed by atoms with Gasteiger partial charge < -0.3 is 5.32 Å². The Kier molecular flexibility index (Phi) is 6.86. The number of benzene rings is 1. The van der Waals surface area contributed by atoms with Crippen LogP contribution in [0.5, 0.6) is 0 Å². The van der Waals surface area contributed by atoms with Crippen molar-refractivity contribution < 1.29 is 9.59 Å². The summed E-state index contributed by atoms with van der Waals surface area (Å²) in [6.07, 6.45) is 4.25. The topological polar surface area (TPSA) is 46.2 Å². The largest absolute Gasteiger partial charge is 0.352 e. The monoisotopic (exact) mass is 261 g/mol. The van der Waals surface area contributed by atoms with Crippen molar-refractivity contribution in [3.8, 4) is 0 Å². The molecule has 1 aromatic rings. The molecule has 0 heterocycles. The highest BCUT2D eigenvalue weighted by Crippen LogP contribution is 2.04. The summed E-state index contributed by atoms with van der Waals surface area (Å²) in [5.41, 5.74) is 1.77. The van der Waals surface area contributed by atoms with Gasteiger partial charge in [-0.25, -0.2) is 0 Å². The smallest absolute Gasteiger partial charge is 0.251 e. The van der Waals surface area contributed by atoms with E-state index < -0.39 is 0 Å². The zero-order chi connectivity index (χ0) is 14.1. The molecular weight excluding hydrogens is 238 g/mol. The average Bonchev–Trinajstić information content (AvgIpc) is 2.39. The molecule has 0 saturated carbocycles. The summed E-state index contributed by atoms with van der Waals surface area (Å²) in [6.45, 7) is 4.53. The molecule has 0 spiro atoms. The Bertz CT molecular complexity index is 409. The number of rotatable bonds is 8. The number of carbonyl (C=O) groups is 2. The lowest BCUT2D eigenvalue weighted by Crippen LogP contribution is -2.26. The van der Waals surface area contributed by atoms with Crippen LogP contribution in [0.15, 0.2) is 24.3 Å². The van der Waals surface area contributed by atoms with Crippen LogP contribution in [0.3, 0.4) is 0 Å². The lowest BCUT2D eigenvalue weighted by Gasteiger charge is -2.05. The molecule has 0 bridgehead atoms. The average molecular weight is 261 g/mol. The van der Waals surface area contributed by atoms with Crippen molar-refractivity contribution in [3.63, 3.8) is 0 Å². The van der Waals surface area contributed by atoms with Crippen LogP contribution in [-0.4, -0.2) is 18.2 Å². The Morgan fingerprint density at radius 3 is 2.37 bits per heavy atom. The van der Waals surface area contributed by atoms with Gasteiger partial charge in [-0.3, -0.25) is 9.59 Å². The van der Waals surface area contributed by atoms with E-state index in [2.05, 4.69) is 12.2 Å². The van der Waals surface area contributed by atoms with E-state index >= 15 is 0 Å². The highest BCUT2D eigenvalue weighted by atomic mass is 16.1. The minimum absolute atomic E-state index is 0.110. The van der Waals surface area contributed by atoms with Crippen LogP contribution in [0, 0.1) is 6.92 Å². The quantitative estimate of drug-likeness (QED) is 0.730. The predicted octanol–water partition coefficient (Wildman–Crippen LogP) is 3.26. The van der Waals surface area contributed by atoms with Crippen molar-refractivity contribution in [2.24, 2.45) is 0 Å². The Labute approximate surface area is 115 Å². The maximum atomic E-state index is 11.8. The van der Waals surface area contributed by atoms with Gasteiger partial charge in [-0.05, 0) is 25.5 Å². The lowest BCUT2D eigenvalue weighted by molar-refractivity contribution is -0.119. The molecule has 1 rings (SSSR count). The Hall–Kier alpha value is -1.64. The number of unbranched alkanes of at least 4 members (excludes halogenated alkanes) is 2. The van der Waals surface area contributed by atoms with Gasteiger partial charge >= 0.3 is 0 Å². The number of carbonyl (C=O) groups excluding carboxylic acids is 2. The van der Waals surface area contributed by atoms with Gasteiger partial charge in [-0.15, -0.1) is 0 Å². The highest BCUT2D eigenvalue weighted by Gasteiger charge is 2.06. The summed E-state index contributed by atoms with van der Waals surface area (Å²) in [7, 11) is 0. The molecule has 0 atom stereocenters. The molecule has 1 amide bonds. The molecule has 3 heteroatoms. The Morgan fingerprint density at radius 2 is 1.74 bits per heavy atom. The van der Waals surface area contributed by atoms with E-state index in [4.69, 9.17) is 0 Å². The van der Waals surface area contributed by atoms with Crippen LogP contribution in [-0.2, 0) is 4.79 Å². The van der Waals surface area contributed by atoms with Crippen LogP contribution in [0.2, 0.25) is 0 Å². The predicted molar refractivity (Wildman–Crippen MR) is 77.3 cm³/mol. The number of aryl methyl sites for hydroxylation is 1. The van der Waals surface area contributed by atoms with Crippen LogP contribution < -0.4 is 5.32 Å². The van der Waals surface area contributed by atoms with Crippen molar-refractivity contribution in [3.05, 3.63) is 35.4 Å². The van der Waals surface area contributed by atoms with Gasteiger partial charge in [0.1, 0.15) is 5.78 Å². The second-order valence-corrected chi connectivity index (χ2v) is 4.87. The molecule has 0 aliphatic carbocycles. The standard InChI is InChI=1S/C16H23NO2/c1-3-4-5-6-15(18)11-12-17-16(19)14-9-7-13(2)8-10-14/h7-10H,3-6,11-12H2,1-2H3,(H,17,19). The van der Waals surface area contributed by atoms with E-state index in [1.807, 2.05) is 19.1 Å². The molecule has 0 aliphatic rings. The van der Waals surface area contributed by atoms with Gasteiger partial charge in [0.2, 0.25) is 0 Å². The Morgan fingerprint density at radius 1 is 1.05 bits per heavy atom. The number of nitrogens with one attached hydrogen (secondary N) is 1. The summed E-state index contributed by atoms with van der Waals surface area (Å²) in [6, 6.07) is 7.41. The number of hydrogen-bond acceptors (Lipinski definition) is 2. The third-order valence-corrected chi connectivity index (χ3v) is 3.06. The summed E-state index contributed by atoms with van der Waals surface area (Å²) in [5.74, 6) is 0.124. The number of ketones is 1. The van der Waals surface area contributed by atoms with Gasteiger partial charge in [0.05, 0.1) is 0 Å². The molecule has 1 aromatic carbocycles. The summed E-state index contributed by atoms with van der Waals surface area (Å²) in [5, 5.41) is 2.78. The number of hydrogen-bond donors (Lipinski definition) is 1. The van der Waals surface area contributed by atoms with Gasteiger partial charge in [0.15, 0.2) is 0 Å². The lowest BCUT2D eigenvalue weighted by atomic mass is 10.1. The van der Waals surface area contributed by atoms with Gasteiger partial charge in [-0.2, -0.15) is 0 Å². The van der Waals surface area contributed by atoms with E-state index in [1.165, 1.54) is 0 Å². The molecule has 0 saturated heterocycles. The summed E-state index contributed by atoms with van der Waals surface area (Å²) >= 11 is 0. The van der Waals surface area contributed by atoms with E-state index in [0.717, 1.165) is 24.8 Å². The Balaban J connectivity index is 2.23. The van der Waals surface area contributed by atoms with E-state index in [-0.39, 0.29) is 11.7 Å². The van der Waals surface area contributed by atoms with Gasteiger partial charge in [0, 0.05) is 24.9 Å². The number of Topliss-reactive ketones (excluding diaryl/α,β-unsaturated/α-hetero) is 1. The fourth-order valence-electron chi connectivity index (χ4n) is 1.82. The summed E-state index contributed by atoms with van der Waals surface area (Å²) < 4.78 is 0. The normalized spacial score (nSPS) is 10.2. The molecule has 0 aliphatic heterocycles. The van der Waals surface area contributed by atoms with Crippen LogP contribution in [0.25, 0.3) is 0 Å². The molecule has 3 nitrogen and oxygen atoms in total. The highest BCUT2D eigenvalue weighted by molar-refractivity contribution is 5.94. The molecular formula is C16H23NO2. The van der Waals surface area contributed by atoms with Crippen molar-refractivity contribution in [1.82, 2.24) is 5.32 Å². The maximum Gasteiger partial charge on any atom is 0.251 e. The second kappa shape index (κ2) is 8.46. The molecule has 0 aromatic heterocycles. The molecule has 19 heavy (non-hydrogen) atoms. The third-order valence-electron chi connectivity index (χ3n) is 3.06. The van der Waals surface area contributed by atoms with E-state index in [9.17, 15) is 9.59 Å². The first-order valence-corrected chi connectivity index (χ1v) is 7.00. The second-order valence-electron chi connectivity index (χ2n) is 4.87. The SMILES string of the molecule is CCCCCC(=O)CCNC(=O)c1ccc(C)cc1. The van der Waals surface area contributed by atoms with Crippen LogP contribution in [0.1, 0.15) is 54.9 Å². The first-order valence-electron chi connectivity index (χ1n) is 7.00. The molecule has 0 unspecified atom stereocenters. The van der Waals surface area contributed by atoms with Crippen molar-refractivity contribution >= 4 is 11.7 Å². The fourth-order valence-corrected chi connectivity index (χ4v) is 1.82. The zero-order valence-electron chi connectivity index (χ0n) is 11.9. The molecule has 1 N–H and O–H groups in total. The molecule has 0 radical (unpaired) electrons. The minimum Gasteiger partial charge on any atom is -0.352 e. The van der Waals surface area contributed by atoms with E-state index in [0.29, 0.717) is 24.9 Å². The first kappa shape index (κ1) is 15.4. The van der Waals surface area contributed by atoms with Crippen molar-refractivity contribution in [2.75, 3.05) is 6.54 Å². The van der Waals surface area contributed by atoms with Crippen molar-refractivity contribution in [1.29, 1.82) is 0 Å². The fraction of sp³-hybridized carbons (Fsp3) is 0.500. The van der Waals surface area contributed by atoms with Crippen molar-refractivity contribution in [2.45, 2.75) is 46.0 Å². The zero-order valence-corrected chi connectivity index (χ0v) is 11.9. The van der Waals surface area contributed by atoms with Crippen LogP contribution in [0.4, 0.5) is 0 Å². The number of amides is 1. The third kappa shape index (κ3) is 6.18.